The van der Waals surface area contributed by atoms with Crippen LogP contribution in [0, 0.1) is 5.82 Å². The summed E-state index contributed by atoms with van der Waals surface area (Å²) in [4.78, 5) is 10.3. The first-order chi connectivity index (χ1) is 7.81. The summed E-state index contributed by atoms with van der Waals surface area (Å²) in [6.45, 7) is 0. The molecule has 0 bridgehead atoms. The zero-order valence-corrected chi connectivity index (χ0v) is 8.69. The molecule has 0 N–H and O–H groups in total. The minimum Gasteiger partial charge on any atom is -0.303 e. The molecule has 0 amide bonds. The van der Waals surface area contributed by atoms with E-state index in [2.05, 4.69) is 0 Å². The third kappa shape index (κ3) is 2.16. The van der Waals surface area contributed by atoms with Gasteiger partial charge in [0.05, 0.1) is 0 Å². The number of rotatable bonds is 3. The molecule has 1 nitrogen and oxygen atoms in total. The van der Waals surface area contributed by atoms with Gasteiger partial charge in [-0.25, -0.2) is 4.39 Å². The van der Waals surface area contributed by atoms with Crippen molar-refractivity contribution in [2.24, 2.45) is 0 Å². The summed E-state index contributed by atoms with van der Waals surface area (Å²) in [6, 6.07) is 14.0. The van der Waals surface area contributed by atoms with Crippen LogP contribution in [0.3, 0.4) is 0 Å². The summed E-state index contributed by atoms with van der Waals surface area (Å²) in [5.74, 6) is -0.231. The van der Waals surface area contributed by atoms with Crippen LogP contribution in [0.4, 0.5) is 4.39 Å². The highest BCUT2D eigenvalue weighted by Crippen LogP contribution is 2.22. The zero-order valence-electron chi connectivity index (χ0n) is 8.69. The molecule has 0 aromatic heterocycles. The van der Waals surface area contributed by atoms with E-state index in [-0.39, 0.29) is 5.82 Å². The molecule has 0 aliphatic carbocycles. The molecule has 0 atom stereocenters. The topological polar surface area (TPSA) is 17.1 Å². The predicted molar refractivity (Wildman–Crippen MR) is 61.6 cm³/mol. The maximum Gasteiger partial charge on any atom is 0.131 e. The van der Waals surface area contributed by atoms with E-state index >= 15 is 0 Å². The molecule has 0 aliphatic heterocycles. The summed E-state index contributed by atoms with van der Waals surface area (Å²) in [5, 5.41) is 0. The molecule has 0 radical (unpaired) electrons. The van der Waals surface area contributed by atoms with E-state index in [1.807, 2.05) is 24.3 Å². The van der Waals surface area contributed by atoms with Crippen LogP contribution >= 0.6 is 0 Å². The van der Waals surface area contributed by atoms with Crippen LogP contribution in [0.2, 0.25) is 0 Å². The molecule has 0 fully saturated rings. The van der Waals surface area contributed by atoms with Crippen LogP contribution in [0.1, 0.15) is 5.56 Å². The molecule has 0 heterocycles. The van der Waals surface area contributed by atoms with E-state index in [1.165, 1.54) is 6.07 Å². The number of hydrogen-bond donors (Lipinski definition) is 0. The molecule has 16 heavy (non-hydrogen) atoms. The maximum atomic E-state index is 13.5. The predicted octanol–water partition coefficient (Wildman–Crippen LogP) is 3.23. The second kappa shape index (κ2) is 4.71. The van der Waals surface area contributed by atoms with Crippen LogP contribution in [0.25, 0.3) is 11.1 Å². The lowest BCUT2D eigenvalue weighted by atomic mass is 10.0. The van der Waals surface area contributed by atoms with Gasteiger partial charge >= 0.3 is 0 Å². The van der Waals surface area contributed by atoms with Gasteiger partial charge in [0.2, 0.25) is 0 Å². The van der Waals surface area contributed by atoms with E-state index in [9.17, 15) is 9.18 Å². The van der Waals surface area contributed by atoms with E-state index < -0.39 is 0 Å². The molecule has 0 unspecified atom stereocenters. The lowest BCUT2D eigenvalue weighted by molar-refractivity contribution is -0.107. The van der Waals surface area contributed by atoms with Gasteiger partial charge in [0, 0.05) is 12.0 Å². The SMILES string of the molecule is O=CCc1ccc(-c2ccccc2F)cc1. The van der Waals surface area contributed by atoms with Gasteiger partial charge in [0.15, 0.2) is 0 Å². The molecular formula is C14H11FO. The number of hydrogen-bond acceptors (Lipinski definition) is 1. The summed E-state index contributed by atoms with van der Waals surface area (Å²) in [5.41, 5.74) is 2.35. The Morgan fingerprint density at radius 1 is 1.00 bits per heavy atom. The highest BCUT2D eigenvalue weighted by molar-refractivity contribution is 5.65. The van der Waals surface area contributed by atoms with Crippen LogP contribution in [-0.2, 0) is 11.2 Å². The summed E-state index contributed by atoms with van der Waals surface area (Å²) in [7, 11) is 0. The molecule has 2 aromatic carbocycles. The van der Waals surface area contributed by atoms with Gasteiger partial charge in [0.25, 0.3) is 0 Å². The van der Waals surface area contributed by atoms with Crippen molar-refractivity contribution in [1.29, 1.82) is 0 Å². The van der Waals surface area contributed by atoms with Gasteiger partial charge in [-0.3, -0.25) is 0 Å². The Labute approximate surface area is 93.5 Å². The van der Waals surface area contributed by atoms with Crippen LogP contribution in [0.5, 0.6) is 0 Å². The van der Waals surface area contributed by atoms with Gasteiger partial charge in [-0.2, -0.15) is 0 Å². The summed E-state index contributed by atoms with van der Waals surface area (Å²) < 4.78 is 13.5. The Kier molecular flexibility index (Phi) is 3.10. The van der Waals surface area contributed by atoms with Crippen molar-refractivity contribution in [3.63, 3.8) is 0 Å². The molecular weight excluding hydrogens is 203 g/mol. The molecule has 0 saturated heterocycles. The lowest BCUT2D eigenvalue weighted by Gasteiger charge is -2.03. The van der Waals surface area contributed by atoms with E-state index in [0.717, 1.165) is 17.4 Å². The third-order valence-corrected chi connectivity index (χ3v) is 2.46. The van der Waals surface area contributed by atoms with Crippen LogP contribution in [-0.4, -0.2) is 6.29 Å². The number of aldehydes is 1. The quantitative estimate of drug-likeness (QED) is 0.717. The van der Waals surface area contributed by atoms with Gasteiger partial charge < -0.3 is 4.79 Å². The Morgan fingerprint density at radius 3 is 2.31 bits per heavy atom. The average Bonchev–Trinajstić information content (AvgIpc) is 2.31. The van der Waals surface area contributed by atoms with Crippen molar-refractivity contribution in [2.75, 3.05) is 0 Å². The number of carbonyl (C=O) groups excluding carboxylic acids is 1. The van der Waals surface area contributed by atoms with E-state index in [1.54, 1.807) is 18.2 Å². The molecule has 80 valence electrons. The third-order valence-electron chi connectivity index (χ3n) is 2.46. The number of halogens is 1. The van der Waals surface area contributed by atoms with Gasteiger partial charge in [-0.05, 0) is 17.2 Å². The molecule has 2 rings (SSSR count). The van der Waals surface area contributed by atoms with Crippen molar-refractivity contribution in [3.05, 3.63) is 59.9 Å². The van der Waals surface area contributed by atoms with Gasteiger partial charge in [0.1, 0.15) is 12.1 Å². The molecule has 0 saturated carbocycles. The second-order valence-electron chi connectivity index (χ2n) is 3.55. The molecule has 0 aliphatic rings. The number of carbonyl (C=O) groups is 1. The van der Waals surface area contributed by atoms with Crippen LogP contribution in [0.15, 0.2) is 48.5 Å². The average molecular weight is 214 g/mol. The zero-order chi connectivity index (χ0) is 11.4. The van der Waals surface area contributed by atoms with E-state index in [4.69, 9.17) is 0 Å². The van der Waals surface area contributed by atoms with E-state index in [0.29, 0.717) is 12.0 Å². The maximum absolute atomic E-state index is 13.5. The minimum atomic E-state index is -0.231. The fourth-order valence-corrected chi connectivity index (χ4v) is 1.61. The Morgan fingerprint density at radius 2 is 1.69 bits per heavy atom. The van der Waals surface area contributed by atoms with Crippen molar-refractivity contribution >= 4 is 6.29 Å². The number of benzene rings is 2. The highest BCUT2D eigenvalue weighted by atomic mass is 19.1. The lowest BCUT2D eigenvalue weighted by Crippen LogP contribution is -1.87. The first-order valence-electron chi connectivity index (χ1n) is 5.09. The van der Waals surface area contributed by atoms with Crippen molar-refractivity contribution < 1.29 is 9.18 Å². The Hall–Kier alpha value is -1.96. The van der Waals surface area contributed by atoms with Crippen molar-refractivity contribution in [3.8, 4) is 11.1 Å². The largest absolute Gasteiger partial charge is 0.303 e. The normalized spacial score (nSPS) is 10.1. The smallest absolute Gasteiger partial charge is 0.131 e. The van der Waals surface area contributed by atoms with Crippen LogP contribution < -0.4 is 0 Å². The van der Waals surface area contributed by atoms with Crippen molar-refractivity contribution in [1.82, 2.24) is 0 Å². The first-order valence-corrected chi connectivity index (χ1v) is 5.09. The van der Waals surface area contributed by atoms with Gasteiger partial charge in [-0.15, -0.1) is 0 Å². The molecule has 0 spiro atoms. The van der Waals surface area contributed by atoms with Gasteiger partial charge in [-0.1, -0.05) is 42.5 Å². The molecule has 2 aromatic rings. The second-order valence-corrected chi connectivity index (χ2v) is 3.55. The highest BCUT2D eigenvalue weighted by Gasteiger charge is 2.03. The Balaban J connectivity index is 2.35. The standard InChI is InChI=1S/C14H11FO/c15-14-4-2-1-3-13(14)12-7-5-11(6-8-12)9-10-16/h1-8,10H,9H2. The fraction of sp³-hybridized carbons (Fsp3) is 0.0714. The minimum absolute atomic E-state index is 0.231. The molecule has 2 heteroatoms. The van der Waals surface area contributed by atoms with Crippen molar-refractivity contribution in [2.45, 2.75) is 6.42 Å². The monoisotopic (exact) mass is 214 g/mol. The Bertz CT molecular complexity index is 488. The summed E-state index contributed by atoms with van der Waals surface area (Å²) >= 11 is 0. The fourth-order valence-electron chi connectivity index (χ4n) is 1.61. The summed E-state index contributed by atoms with van der Waals surface area (Å²) in [6.07, 6.45) is 1.26. The first kappa shape index (κ1) is 10.6.